The summed E-state index contributed by atoms with van der Waals surface area (Å²) in [5.41, 5.74) is 5.79. The molecule has 1 aromatic heterocycles. The summed E-state index contributed by atoms with van der Waals surface area (Å²) in [6.07, 6.45) is 4.60. The molecule has 0 atom stereocenters. The van der Waals surface area contributed by atoms with Gasteiger partial charge in [-0.05, 0) is 68.4 Å². The number of fused-ring (bicyclic) bond motifs is 2. The van der Waals surface area contributed by atoms with E-state index in [4.69, 9.17) is 4.74 Å². The van der Waals surface area contributed by atoms with E-state index in [2.05, 4.69) is 48.4 Å². The molecule has 148 valence electrons. The monoisotopic (exact) mass is 387 g/mol. The number of nitrogens with one attached hydrogen (secondary N) is 1. The number of hydrogen-bond acceptors (Lipinski definition) is 4. The van der Waals surface area contributed by atoms with Gasteiger partial charge >= 0.3 is 0 Å². The molecule has 2 heterocycles. The van der Waals surface area contributed by atoms with Crippen LogP contribution in [0.1, 0.15) is 23.1 Å². The Morgan fingerprint density at radius 1 is 1.14 bits per heavy atom. The number of carbonyl (C=O) groups is 1. The number of aryl methyl sites for hydroxylation is 1. The summed E-state index contributed by atoms with van der Waals surface area (Å²) in [6, 6.07) is 14.0. The number of nitrogens with zero attached hydrogens (tertiary/aromatic N) is 2. The SMILES string of the molecule is Cc1cc(/C=C2/C(=O)Nc3ncccc32)c2ccccc(OCCCN(C)C)c1-2. The summed E-state index contributed by atoms with van der Waals surface area (Å²) in [4.78, 5) is 18.9. The highest BCUT2D eigenvalue weighted by Crippen LogP contribution is 2.41. The van der Waals surface area contributed by atoms with Crippen LogP contribution in [0.5, 0.6) is 5.75 Å². The second kappa shape index (κ2) is 8.05. The lowest BCUT2D eigenvalue weighted by Gasteiger charge is -2.12. The maximum absolute atomic E-state index is 12.5. The smallest absolute Gasteiger partial charge is 0.257 e. The number of ether oxygens (including phenoxy) is 1. The first kappa shape index (κ1) is 19.2. The van der Waals surface area contributed by atoms with Gasteiger partial charge in [0.2, 0.25) is 0 Å². The van der Waals surface area contributed by atoms with E-state index in [1.165, 1.54) is 0 Å². The van der Waals surface area contributed by atoms with Gasteiger partial charge in [0.05, 0.1) is 12.2 Å². The van der Waals surface area contributed by atoms with Crippen molar-refractivity contribution in [3.8, 4) is 16.9 Å². The number of amides is 1. The third kappa shape index (κ3) is 3.87. The van der Waals surface area contributed by atoms with E-state index in [9.17, 15) is 4.79 Å². The minimum Gasteiger partial charge on any atom is -0.493 e. The molecule has 5 nitrogen and oxygen atoms in total. The van der Waals surface area contributed by atoms with Gasteiger partial charge in [-0.25, -0.2) is 4.98 Å². The van der Waals surface area contributed by atoms with Gasteiger partial charge in [-0.2, -0.15) is 0 Å². The van der Waals surface area contributed by atoms with Crippen molar-refractivity contribution in [3.05, 3.63) is 65.4 Å². The summed E-state index contributed by atoms with van der Waals surface area (Å²) in [5.74, 6) is 1.38. The van der Waals surface area contributed by atoms with Crippen molar-refractivity contribution >= 4 is 23.4 Å². The standard InChI is InChI=1S/C24H25N3O2/c1-16-14-17(15-20-19-9-6-11-25-23(19)26-24(20)28)18-8-4-5-10-21(22(16)18)29-13-7-12-27(2)3/h4-6,8-11,14-15H,7,12-13H2,1-3H3,(H,25,26,28)/b20-15+. The lowest BCUT2D eigenvalue weighted by Crippen LogP contribution is -2.15. The second-order valence-electron chi connectivity index (χ2n) is 7.57. The Kier molecular flexibility index (Phi) is 5.32. The van der Waals surface area contributed by atoms with Gasteiger partial charge in [-0.1, -0.05) is 24.3 Å². The first-order valence-electron chi connectivity index (χ1n) is 9.83. The fourth-order valence-corrected chi connectivity index (χ4v) is 3.75. The summed E-state index contributed by atoms with van der Waals surface area (Å²) in [7, 11) is 4.13. The summed E-state index contributed by atoms with van der Waals surface area (Å²) in [5, 5.41) is 2.84. The number of pyridine rings is 1. The highest BCUT2D eigenvalue weighted by Gasteiger charge is 2.26. The van der Waals surface area contributed by atoms with Gasteiger partial charge in [0.25, 0.3) is 5.91 Å². The predicted molar refractivity (Wildman–Crippen MR) is 117 cm³/mol. The Morgan fingerprint density at radius 3 is 2.76 bits per heavy atom. The van der Waals surface area contributed by atoms with Gasteiger partial charge in [-0.3, -0.25) is 4.79 Å². The molecule has 5 heteroatoms. The van der Waals surface area contributed by atoms with Crippen LogP contribution in [0.4, 0.5) is 5.82 Å². The van der Waals surface area contributed by atoms with E-state index in [-0.39, 0.29) is 5.91 Å². The van der Waals surface area contributed by atoms with Crippen molar-refractivity contribution in [2.75, 3.05) is 32.6 Å². The van der Waals surface area contributed by atoms with Crippen LogP contribution in [0.3, 0.4) is 0 Å². The number of carbonyl (C=O) groups excluding carboxylic acids is 1. The van der Waals surface area contributed by atoms with E-state index in [0.717, 1.165) is 46.5 Å². The van der Waals surface area contributed by atoms with Crippen molar-refractivity contribution in [1.82, 2.24) is 9.88 Å². The lowest BCUT2D eigenvalue weighted by molar-refractivity contribution is -0.110. The Labute approximate surface area is 171 Å². The first-order chi connectivity index (χ1) is 14.0. The van der Waals surface area contributed by atoms with Crippen molar-refractivity contribution in [2.45, 2.75) is 13.3 Å². The fraction of sp³-hybridized carbons (Fsp3) is 0.250. The average Bonchev–Trinajstić information content (AvgIpc) is 3.06. The molecule has 1 aliphatic heterocycles. The predicted octanol–water partition coefficient (Wildman–Crippen LogP) is 4.32. The van der Waals surface area contributed by atoms with Gasteiger partial charge in [0, 0.05) is 23.9 Å². The van der Waals surface area contributed by atoms with E-state index in [1.54, 1.807) is 6.20 Å². The normalized spacial score (nSPS) is 14.5. The molecule has 0 aromatic carbocycles. The molecule has 0 unspecified atom stereocenters. The lowest BCUT2D eigenvalue weighted by atomic mass is 10.0. The van der Waals surface area contributed by atoms with Crippen LogP contribution in [0, 0.1) is 6.92 Å². The van der Waals surface area contributed by atoms with Crippen LogP contribution >= 0.6 is 0 Å². The zero-order chi connectivity index (χ0) is 20.4. The van der Waals surface area contributed by atoms with Crippen molar-refractivity contribution in [1.29, 1.82) is 0 Å². The largest absolute Gasteiger partial charge is 0.493 e. The van der Waals surface area contributed by atoms with E-state index in [1.807, 2.05) is 36.4 Å². The quantitative estimate of drug-likeness (QED) is 0.506. The highest BCUT2D eigenvalue weighted by atomic mass is 16.5. The van der Waals surface area contributed by atoms with Crippen LogP contribution in [0.2, 0.25) is 0 Å². The molecule has 29 heavy (non-hydrogen) atoms. The highest BCUT2D eigenvalue weighted by molar-refractivity contribution is 6.34. The van der Waals surface area contributed by atoms with Gasteiger partial charge in [0.1, 0.15) is 11.6 Å². The van der Waals surface area contributed by atoms with Crippen molar-refractivity contribution in [3.63, 3.8) is 0 Å². The minimum absolute atomic E-state index is 0.119. The number of aromatic nitrogens is 1. The zero-order valence-corrected chi connectivity index (χ0v) is 17.0. The summed E-state index contributed by atoms with van der Waals surface area (Å²) >= 11 is 0. The molecule has 0 radical (unpaired) electrons. The molecule has 3 aliphatic rings. The van der Waals surface area contributed by atoms with E-state index < -0.39 is 0 Å². The molecular formula is C24H25N3O2. The maximum atomic E-state index is 12.5. The van der Waals surface area contributed by atoms with Gasteiger partial charge in [-0.15, -0.1) is 0 Å². The minimum atomic E-state index is -0.119. The molecular weight excluding hydrogens is 362 g/mol. The molecule has 0 saturated heterocycles. The van der Waals surface area contributed by atoms with Gasteiger partial charge < -0.3 is 15.0 Å². The van der Waals surface area contributed by atoms with Gasteiger partial charge in [0.15, 0.2) is 0 Å². The molecule has 0 spiro atoms. The van der Waals surface area contributed by atoms with Crippen molar-refractivity contribution < 1.29 is 9.53 Å². The van der Waals surface area contributed by atoms with Crippen LogP contribution in [0.25, 0.3) is 22.8 Å². The summed E-state index contributed by atoms with van der Waals surface area (Å²) in [6.45, 7) is 3.74. The second-order valence-corrected chi connectivity index (χ2v) is 7.57. The topological polar surface area (TPSA) is 54.5 Å². The van der Waals surface area contributed by atoms with E-state index in [0.29, 0.717) is 18.0 Å². The van der Waals surface area contributed by atoms with E-state index >= 15 is 0 Å². The number of anilines is 1. The molecule has 0 saturated carbocycles. The van der Waals surface area contributed by atoms with Crippen LogP contribution in [-0.2, 0) is 4.79 Å². The average molecular weight is 387 g/mol. The Hall–Kier alpha value is -3.18. The zero-order valence-electron chi connectivity index (χ0n) is 17.0. The molecule has 0 bridgehead atoms. The third-order valence-corrected chi connectivity index (χ3v) is 5.10. The third-order valence-electron chi connectivity index (χ3n) is 5.10. The molecule has 4 rings (SSSR count). The Balaban J connectivity index is 1.68. The van der Waals surface area contributed by atoms with Crippen molar-refractivity contribution in [2.24, 2.45) is 0 Å². The molecule has 0 fully saturated rings. The van der Waals surface area contributed by atoms with Crippen LogP contribution < -0.4 is 10.1 Å². The molecule has 2 aliphatic carbocycles. The number of hydrogen-bond donors (Lipinski definition) is 1. The number of rotatable bonds is 6. The molecule has 1 aromatic rings. The van der Waals surface area contributed by atoms with Crippen LogP contribution in [-0.4, -0.2) is 43.0 Å². The summed E-state index contributed by atoms with van der Waals surface area (Å²) < 4.78 is 6.13. The molecule has 1 N–H and O–H groups in total. The maximum Gasteiger partial charge on any atom is 0.257 e. The first-order valence-corrected chi connectivity index (χ1v) is 9.83. The Morgan fingerprint density at radius 2 is 1.93 bits per heavy atom. The Bertz CT molecular complexity index is 1060. The fourth-order valence-electron chi connectivity index (χ4n) is 3.75. The molecule has 1 amide bonds. The van der Waals surface area contributed by atoms with Crippen LogP contribution in [0.15, 0.2) is 48.7 Å².